The number of nitrogens with one attached hydrogen (secondary N) is 1. The highest BCUT2D eigenvalue weighted by Crippen LogP contribution is 2.42. The Morgan fingerprint density at radius 2 is 1.97 bits per heavy atom. The SMILES string of the molecule is CCc1cccc2c(C(=O)C(Sc3nnc(C4CC4)n3C)c3ccccc3)c[nH]c12. The van der Waals surface area contributed by atoms with Crippen molar-refractivity contribution in [3.8, 4) is 0 Å². The molecule has 2 aromatic carbocycles. The Labute approximate surface area is 179 Å². The van der Waals surface area contributed by atoms with Crippen molar-refractivity contribution in [1.82, 2.24) is 19.7 Å². The zero-order valence-corrected chi connectivity index (χ0v) is 17.9. The third kappa shape index (κ3) is 3.35. The summed E-state index contributed by atoms with van der Waals surface area (Å²) in [5.41, 5.74) is 3.98. The maximum absolute atomic E-state index is 13.8. The number of benzene rings is 2. The van der Waals surface area contributed by atoms with Crippen molar-refractivity contribution >= 4 is 28.4 Å². The molecule has 1 N–H and O–H groups in total. The van der Waals surface area contributed by atoms with E-state index < -0.39 is 0 Å². The predicted molar refractivity (Wildman–Crippen MR) is 120 cm³/mol. The second-order valence-electron chi connectivity index (χ2n) is 7.84. The number of Topliss-reactive ketones (excluding diaryl/α,β-unsaturated/α-hetero) is 1. The summed E-state index contributed by atoms with van der Waals surface area (Å²) in [6.07, 6.45) is 5.12. The van der Waals surface area contributed by atoms with Crippen molar-refractivity contribution < 1.29 is 4.79 Å². The van der Waals surface area contributed by atoms with Crippen molar-refractivity contribution in [1.29, 1.82) is 0 Å². The van der Waals surface area contributed by atoms with E-state index in [2.05, 4.69) is 32.7 Å². The summed E-state index contributed by atoms with van der Waals surface area (Å²) < 4.78 is 2.05. The number of aromatic amines is 1. The van der Waals surface area contributed by atoms with Crippen molar-refractivity contribution in [2.45, 2.75) is 42.5 Å². The summed E-state index contributed by atoms with van der Waals surface area (Å²) in [5, 5.41) is 10.2. The van der Waals surface area contributed by atoms with Gasteiger partial charge in [-0.3, -0.25) is 4.79 Å². The van der Waals surface area contributed by atoms with Gasteiger partial charge in [0.15, 0.2) is 10.9 Å². The lowest BCUT2D eigenvalue weighted by Crippen LogP contribution is -2.11. The van der Waals surface area contributed by atoms with Gasteiger partial charge in [0.05, 0.1) is 0 Å². The molecule has 4 aromatic rings. The van der Waals surface area contributed by atoms with Crippen LogP contribution in [0, 0.1) is 0 Å². The van der Waals surface area contributed by atoms with Crippen molar-refractivity contribution in [3.05, 3.63) is 77.2 Å². The van der Waals surface area contributed by atoms with E-state index in [4.69, 9.17) is 0 Å². The van der Waals surface area contributed by atoms with Gasteiger partial charge in [-0.1, -0.05) is 67.2 Å². The van der Waals surface area contributed by atoms with E-state index in [1.165, 1.54) is 30.2 Å². The molecule has 0 saturated heterocycles. The minimum Gasteiger partial charge on any atom is -0.360 e. The second kappa shape index (κ2) is 7.76. The maximum atomic E-state index is 13.8. The first-order valence-electron chi connectivity index (χ1n) is 10.4. The fraction of sp³-hybridized carbons (Fsp3) is 0.292. The molecule has 0 radical (unpaired) electrons. The standard InChI is InChI=1S/C24H24N4OS/c1-3-15-10-7-11-18-19(14-25-20(15)18)21(29)22(16-8-5-4-6-9-16)30-24-27-26-23(28(24)2)17-12-13-17/h4-11,14,17,22,25H,3,12-13H2,1-2H3. The number of aryl methyl sites for hydroxylation is 1. The first-order valence-corrected chi connectivity index (χ1v) is 11.3. The third-order valence-electron chi connectivity index (χ3n) is 5.82. The molecule has 30 heavy (non-hydrogen) atoms. The van der Waals surface area contributed by atoms with Crippen LogP contribution < -0.4 is 0 Å². The van der Waals surface area contributed by atoms with Gasteiger partial charge in [-0.15, -0.1) is 10.2 Å². The van der Waals surface area contributed by atoms with E-state index in [9.17, 15) is 4.79 Å². The van der Waals surface area contributed by atoms with Crippen LogP contribution in [0.15, 0.2) is 59.9 Å². The van der Waals surface area contributed by atoms with E-state index in [0.29, 0.717) is 5.92 Å². The van der Waals surface area contributed by atoms with Gasteiger partial charge < -0.3 is 9.55 Å². The van der Waals surface area contributed by atoms with Crippen LogP contribution in [0.3, 0.4) is 0 Å². The number of para-hydroxylation sites is 1. The van der Waals surface area contributed by atoms with E-state index in [0.717, 1.165) is 39.4 Å². The van der Waals surface area contributed by atoms with Crippen molar-refractivity contribution in [2.24, 2.45) is 7.05 Å². The van der Waals surface area contributed by atoms with Gasteiger partial charge in [0, 0.05) is 35.6 Å². The largest absolute Gasteiger partial charge is 0.360 e. The fourth-order valence-electron chi connectivity index (χ4n) is 3.99. The molecule has 2 aromatic heterocycles. The minimum absolute atomic E-state index is 0.0849. The van der Waals surface area contributed by atoms with Gasteiger partial charge in [0.25, 0.3) is 0 Å². The smallest absolute Gasteiger partial charge is 0.192 e. The zero-order chi connectivity index (χ0) is 20.7. The van der Waals surface area contributed by atoms with Crippen LogP contribution in [0.5, 0.6) is 0 Å². The van der Waals surface area contributed by atoms with Crippen LogP contribution >= 0.6 is 11.8 Å². The monoisotopic (exact) mass is 416 g/mol. The number of H-pyrrole nitrogens is 1. The Balaban J connectivity index is 1.55. The van der Waals surface area contributed by atoms with Crippen molar-refractivity contribution in [3.63, 3.8) is 0 Å². The van der Waals surface area contributed by atoms with Gasteiger partial charge in [-0.2, -0.15) is 0 Å². The molecular weight excluding hydrogens is 392 g/mol. The van der Waals surface area contributed by atoms with Crippen LogP contribution in [0.25, 0.3) is 10.9 Å². The molecule has 152 valence electrons. The summed E-state index contributed by atoms with van der Waals surface area (Å²) in [6.45, 7) is 2.13. The van der Waals surface area contributed by atoms with Gasteiger partial charge >= 0.3 is 0 Å². The number of aromatic nitrogens is 4. The highest BCUT2D eigenvalue weighted by molar-refractivity contribution is 8.00. The van der Waals surface area contributed by atoms with Crippen LogP contribution in [-0.2, 0) is 13.5 Å². The molecule has 2 heterocycles. The van der Waals surface area contributed by atoms with Crippen LogP contribution in [0.1, 0.15) is 58.2 Å². The molecule has 1 aliphatic rings. The first-order chi connectivity index (χ1) is 14.7. The average Bonchev–Trinajstić information content (AvgIpc) is 3.42. The second-order valence-corrected chi connectivity index (χ2v) is 8.91. The Morgan fingerprint density at radius 1 is 1.17 bits per heavy atom. The number of carbonyl (C=O) groups is 1. The van der Waals surface area contributed by atoms with E-state index in [-0.39, 0.29) is 11.0 Å². The van der Waals surface area contributed by atoms with Gasteiger partial charge in [-0.05, 0) is 30.4 Å². The Bertz CT molecular complexity index is 1210. The van der Waals surface area contributed by atoms with Gasteiger partial charge in [0.1, 0.15) is 11.1 Å². The molecule has 0 aliphatic heterocycles. The molecule has 1 atom stereocenters. The molecule has 6 heteroatoms. The molecule has 1 fully saturated rings. The molecule has 0 amide bonds. The number of hydrogen-bond acceptors (Lipinski definition) is 4. The number of ketones is 1. The number of rotatable bonds is 7. The molecule has 1 aliphatic carbocycles. The average molecular weight is 417 g/mol. The summed E-state index contributed by atoms with van der Waals surface area (Å²) >= 11 is 1.49. The lowest BCUT2D eigenvalue weighted by atomic mass is 10.0. The quantitative estimate of drug-likeness (QED) is 0.321. The third-order valence-corrected chi connectivity index (χ3v) is 7.11. The number of nitrogens with zero attached hydrogens (tertiary/aromatic N) is 3. The number of carbonyl (C=O) groups excluding carboxylic acids is 1. The fourth-order valence-corrected chi connectivity index (χ4v) is 5.07. The van der Waals surface area contributed by atoms with Crippen LogP contribution in [-0.4, -0.2) is 25.5 Å². The van der Waals surface area contributed by atoms with E-state index in [1.807, 2.05) is 55.7 Å². The Hall–Kier alpha value is -2.86. The zero-order valence-electron chi connectivity index (χ0n) is 17.1. The molecular formula is C24H24N4OS. The Kier molecular flexibility index (Phi) is 4.95. The topological polar surface area (TPSA) is 63.6 Å². The van der Waals surface area contributed by atoms with Crippen LogP contribution in [0.4, 0.5) is 0 Å². The lowest BCUT2D eigenvalue weighted by Gasteiger charge is -2.15. The minimum atomic E-state index is -0.384. The molecule has 1 saturated carbocycles. The summed E-state index contributed by atoms with van der Waals surface area (Å²) in [7, 11) is 2.00. The van der Waals surface area contributed by atoms with Crippen LogP contribution in [0.2, 0.25) is 0 Å². The number of fused-ring (bicyclic) bond motifs is 1. The molecule has 5 rings (SSSR count). The highest BCUT2D eigenvalue weighted by Gasteiger charge is 2.32. The number of thioether (sulfide) groups is 1. The summed E-state index contributed by atoms with van der Waals surface area (Å²) in [6, 6.07) is 16.1. The summed E-state index contributed by atoms with van der Waals surface area (Å²) in [5.74, 6) is 1.63. The normalized spacial score (nSPS) is 14.9. The van der Waals surface area contributed by atoms with Crippen molar-refractivity contribution in [2.75, 3.05) is 0 Å². The lowest BCUT2D eigenvalue weighted by molar-refractivity contribution is 0.0991. The maximum Gasteiger partial charge on any atom is 0.192 e. The predicted octanol–water partition coefficient (Wildman–Crippen LogP) is 5.45. The Morgan fingerprint density at radius 3 is 2.70 bits per heavy atom. The molecule has 0 bridgehead atoms. The first kappa shape index (κ1) is 19.1. The highest BCUT2D eigenvalue weighted by atomic mass is 32.2. The molecule has 1 unspecified atom stereocenters. The summed E-state index contributed by atoms with van der Waals surface area (Å²) in [4.78, 5) is 17.1. The van der Waals surface area contributed by atoms with E-state index in [1.54, 1.807) is 0 Å². The van der Waals surface area contributed by atoms with E-state index >= 15 is 0 Å². The van der Waals surface area contributed by atoms with Gasteiger partial charge in [-0.25, -0.2) is 0 Å². The number of hydrogen-bond donors (Lipinski definition) is 1. The molecule has 0 spiro atoms. The molecule has 5 nitrogen and oxygen atoms in total. The van der Waals surface area contributed by atoms with Gasteiger partial charge in [0.2, 0.25) is 0 Å².